The first-order chi connectivity index (χ1) is 17.5. The van der Waals surface area contributed by atoms with Gasteiger partial charge in [0.05, 0.1) is 0 Å². The van der Waals surface area contributed by atoms with Gasteiger partial charge in [-0.25, -0.2) is 0 Å². The molecule has 36 heavy (non-hydrogen) atoms. The molecular formula is C30H22Cl2N2O2. The van der Waals surface area contributed by atoms with Crippen molar-refractivity contribution in [3.63, 3.8) is 0 Å². The third-order valence-corrected chi connectivity index (χ3v) is 5.80. The zero-order valence-corrected chi connectivity index (χ0v) is 20.6. The molecule has 0 aromatic heterocycles. The van der Waals surface area contributed by atoms with Crippen molar-refractivity contribution in [2.45, 2.75) is 0 Å². The molecule has 4 aromatic rings. The smallest absolute Gasteiger partial charge is 0.267 e. The molecule has 0 aliphatic heterocycles. The SMILES string of the molecule is O=C(Nc1ccc(-c2ccc(NC(=O)C(Cl)=Cc3ccccc3)cc2)cc1)C(Cl)=Cc1ccccc1. The highest BCUT2D eigenvalue weighted by Crippen LogP contribution is 2.24. The van der Waals surface area contributed by atoms with Gasteiger partial charge in [-0.3, -0.25) is 9.59 Å². The van der Waals surface area contributed by atoms with Crippen LogP contribution in [0.15, 0.2) is 119 Å². The first kappa shape index (κ1) is 25.0. The maximum Gasteiger partial charge on any atom is 0.267 e. The summed E-state index contributed by atoms with van der Waals surface area (Å²) in [6, 6.07) is 33.6. The van der Waals surface area contributed by atoms with E-state index in [1.165, 1.54) is 0 Å². The molecular weight excluding hydrogens is 491 g/mol. The summed E-state index contributed by atoms with van der Waals surface area (Å²) in [6.07, 6.45) is 3.24. The van der Waals surface area contributed by atoms with Gasteiger partial charge in [-0.05, 0) is 58.7 Å². The van der Waals surface area contributed by atoms with E-state index in [2.05, 4.69) is 10.6 Å². The molecule has 2 N–H and O–H groups in total. The maximum atomic E-state index is 12.4. The third kappa shape index (κ3) is 6.95. The van der Waals surface area contributed by atoms with Gasteiger partial charge in [0.2, 0.25) is 0 Å². The molecule has 0 aliphatic carbocycles. The summed E-state index contributed by atoms with van der Waals surface area (Å²) in [7, 11) is 0. The Balaban J connectivity index is 1.36. The van der Waals surface area contributed by atoms with Gasteiger partial charge in [0.1, 0.15) is 10.1 Å². The maximum absolute atomic E-state index is 12.4. The molecule has 0 radical (unpaired) electrons. The highest BCUT2D eigenvalue weighted by atomic mass is 35.5. The minimum Gasteiger partial charge on any atom is -0.321 e. The van der Waals surface area contributed by atoms with Crippen LogP contribution in [-0.2, 0) is 9.59 Å². The average molecular weight is 513 g/mol. The summed E-state index contributed by atoms with van der Waals surface area (Å²) in [5, 5.41) is 5.79. The number of carbonyl (C=O) groups is 2. The third-order valence-electron chi connectivity index (χ3n) is 5.24. The molecule has 4 nitrogen and oxygen atoms in total. The largest absolute Gasteiger partial charge is 0.321 e. The first-order valence-electron chi connectivity index (χ1n) is 11.2. The molecule has 2 amide bonds. The average Bonchev–Trinajstić information content (AvgIpc) is 2.90. The highest BCUT2D eigenvalue weighted by Gasteiger charge is 2.09. The second-order valence-corrected chi connectivity index (χ2v) is 8.68. The Morgan fingerprint density at radius 3 is 1.17 bits per heavy atom. The zero-order valence-electron chi connectivity index (χ0n) is 19.1. The number of amides is 2. The lowest BCUT2D eigenvalue weighted by atomic mass is 10.0. The molecule has 0 saturated heterocycles. The van der Waals surface area contributed by atoms with Gasteiger partial charge < -0.3 is 10.6 Å². The summed E-state index contributed by atoms with van der Waals surface area (Å²) in [4.78, 5) is 24.8. The minimum atomic E-state index is -0.381. The van der Waals surface area contributed by atoms with Gasteiger partial charge in [0.15, 0.2) is 0 Å². The van der Waals surface area contributed by atoms with Crippen LogP contribution in [0.2, 0.25) is 0 Å². The molecule has 0 saturated carbocycles. The Hall–Kier alpha value is -4.12. The topological polar surface area (TPSA) is 58.2 Å². The number of benzene rings is 4. The standard InChI is InChI=1S/C30H22Cl2N2O2/c31-27(19-21-7-3-1-4-8-21)29(35)33-25-15-11-23(12-16-25)24-13-17-26(18-14-24)34-30(36)28(32)20-22-9-5-2-6-10-22/h1-20H,(H,33,35)(H,34,36). The van der Waals surface area contributed by atoms with Crippen LogP contribution < -0.4 is 10.6 Å². The molecule has 0 atom stereocenters. The lowest BCUT2D eigenvalue weighted by Crippen LogP contribution is -2.11. The van der Waals surface area contributed by atoms with Crippen molar-refractivity contribution in [3.8, 4) is 11.1 Å². The van der Waals surface area contributed by atoms with E-state index in [-0.39, 0.29) is 21.9 Å². The minimum absolute atomic E-state index is 0.0987. The van der Waals surface area contributed by atoms with Crippen LogP contribution >= 0.6 is 23.2 Å². The van der Waals surface area contributed by atoms with Crippen LogP contribution in [0.5, 0.6) is 0 Å². The molecule has 0 aliphatic rings. The highest BCUT2D eigenvalue weighted by molar-refractivity contribution is 6.46. The number of anilines is 2. The lowest BCUT2D eigenvalue weighted by Gasteiger charge is -2.08. The van der Waals surface area contributed by atoms with Gasteiger partial charge in [-0.1, -0.05) is 108 Å². The van der Waals surface area contributed by atoms with E-state index < -0.39 is 0 Å². The van der Waals surface area contributed by atoms with Crippen molar-refractivity contribution in [1.29, 1.82) is 0 Å². The Morgan fingerprint density at radius 1 is 0.500 bits per heavy atom. The molecule has 0 bridgehead atoms. The molecule has 6 heteroatoms. The fraction of sp³-hybridized carbons (Fsp3) is 0. The number of rotatable bonds is 7. The number of hydrogen-bond acceptors (Lipinski definition) is 2. The van der Waals surface area contributed by atoms with E-state index in [0.29, 0.717) is 11.4 Å². The second-order valence-electron chi connectivity index (χ2n) is 7.87. The number of hydrogen-bond donors (Lipinski definition) is 2. The summed E-state index contributed by atoms with van der Waals surface area (Å²) in [5.41, 5.74) is 4.88. The van der Waals surface area contributed by atoms with Gasteiger partial charge in [-0.15, -0.1) is 0 Å². The zero-order chi connectivity index (χ0) is 25.3. The molecule has 0 unspecified atom stereocenters. The summed E-state index contributed by atoms with van der Waals surface area (Å²) in [5.74, 6) is -0.762. The molecule has 178 valence electrons. The Morgan fingerprint density at radius 2 is 0.833 bits per heavy atom. The summed E-state index contributed by atoms with van der Waals surface area (Å²) in [6.45, 7) is 0. The van der Waals surface area contributed by atoms with E-state index in [1.807, 2.05) is 109 Å². The quantitative estimate of drug-likeness (QED) is 0.248. The van der Waals surface area contributed by atoms with E-state index >= 15 is 0 Å². The van der Waals surface area contributed by atoms with Crippen molar-refractivity contribution in [2.24, 2.45) is 0 Å². The predicted molar refractivity (Wildman–Crippen MR) is 150 cm³/mol. The molecule has 4 aromatic carbocycles. The van der Waals surface area contributed by atoms with Crippen molar-refractivity contribution in [3.05, 3.63) is 130 Å². The molecule has 0 fully saturated rings. The number of halogens is 2. The van der Waals surface area contributed by atoms with Crippen molar-refractivity contribution in [2.75, 3.05) is 10.6 Å². The summed E-state index contributed by atoms with van der Waals surface area (Å²) < 4.78 is 0. The second kappa shape index (κ2) is 12.0. The van der Waals surface area contributed by atoms with E-state index in [0.717, 1.165) is 22.3 Å². The Bertz CT molecular complexity index is 1290. The van der Waals surface area contributed by atoms with Crippen LogP contribution in [0, 0.1) is 0 Å². The van der Waals surface area contributed by atoms with Crippen LogP contribution in [0.25, 0.3) is 23.3 Å². The van der Waals surface area contributed by atoms with Crippen LogP contribution in [0.1, 0.15) is 11.1 Å². The summed E-state index contributed by atoms with van der Waals surface area (Å²) >= 11 is 12.3. The first-order valence-corrected chi connectivity index (χ1v) is 11.9. The molecule has 0 heterocycles. The Kier molecular flexibility index (Phi) is 8.35. The number of nitrogens with one attached hydrogen (secondary N) is 2. The number of carbonyl (C=O) groups excluding carboxylic acids is 2. The lowest BCUT2D eigenvalue weighted by molar-refractivity contribution is -0.113. The van der Waals surface area contributed by atoms with Crippen LogP contribution in [0.3, 0.4) is 0 Å². The van der Waals surface area contributed by atoms with Gasteiger partial charge >= 0.3 is 0 Å². The Labute approximate surface area is 219 Å². The van der Waals surface area contributed by atoms with E-state index in [1.54, 1.807) is 12.2 Å². The van der Waals surface area contributed by atoms with Crippen molar-refractivity contribution < 1.29 is 9.59 Å². The van der Waals surface area contributed by atoms with Crippen molar-refractivity contribution in [1.82, 2.24) is 0 Å². The normalized spacial score (nSPS) is 11.6. The van der Waals surface area contributed by atoms with E-state index in [9.17, 15) is 9.59 Å². The fourth-order valence-electron chi connectivity index (χ4n) is 3.40. The van der Waals surface area contributed by atoms with E-state index in [4.69, 9.17) is 23.2 Å². The van der Waals surface area contributed by atoms with Crippen LogP contribution in [0.4, 0.5) is 11.4 Å². The molecule has 4 rings (SSSR count). The van der Waals surface area contributed by atoms with Gasteiger partial charge in [0.25, 0.3) is 11.8 Å². The fourth-order valence-corrected chi connectivity index (χ4v) is 3.74. The molecule has 0 spiro atoms. The monoisotopic (exact) mass is 512 g/mol. The van der Waals surface area contributed by atoms with Gasteiger partial charge in [0, 0.05) is 11.4 Å². The predicted octanol–water partition coefficient (Wildman–Crippen LogP) is 7.79. The van der Waals surface area contributed by atoms with Gasteiger partial charge in [-0.2, -0.15) is 0 Å². The van der Waals surface area contributed by atoms with Crippen LogP contribution in [-0.4, -0.2) is 11.8 Å². The van der Waals surface area contributed by atoms with Crippen molar-refractivity contribution >= 4 is 58.5 Å².